The Morgan fingerprint density at radius 2 is 1.69 bits per heavy atom. The molecule has 148 valence electrons. The van der Waals surface area contributed by atoms with E-state index < -0.39 is 29.5 Å². The van der Waals surface area contributed by atoms with Crippen molar-refractivity contribution in [3.8, 4) is 5.75 Å². The van der Waals surface area contributed by atoms with Crippen LogP contribution in [0.15, 0.2) is 12.1 Å². The third-order valence-corrected chi connectivity index (χ3v) is 4.48. The van der Waals surface area contributed by atoms with Crippen LogP contribution in [0.2, 0.25) is 0 Å². The highest BCUT2D eigenvalue weighted by Crippen LogP contribution is 2.46. The minimum atomic E-state index is -4.91. The van der Waals surface area contributed by atoms with Crippen molar-refractivity contribution < 1.29 is 31.1 Å². The minimum absolute atomic E-state index is 0.197. The van der Waals surface area contributed by atoms with Crippen LogP contribution >= 0.6 is 0 Å². The highest BCUT2D eigenvalue weighted by molar-refractivity contribution is 5.48. The van der Waals surface area contributed by atoms with Gasteiger partial charge in [0.15, 0.2) is 0 Å². The third-order valence-electron chi connectivity index (χ3n) is 4.48. The average molecular weight is 384 g/mol. The summed E-state index contributed by atoms with van der Waals surface area (Å²) < 4.78 is 85.1. The van der Waals surface area contributed by atoms with Gasteiger partial charge >= 0.3 is 12.4 Å². The van der Waals surface area contributed by atoms with Crippen molar-refractivity contribution in [1.82, 2.24) is 10.2 Å². The predicted octanol–water partition coefficient (Wildman–Crippen LogP) is 4.48. The normalized spacial score (nSPS) is 18.0. The second-order valence-electron chi connectivity index (χ2n) is 6.23. The molecule has 9 heteroatoms. The number of nitrogens with zero attached hydrogens (tertiary/aromatic N) is 1. The zero-order valence-corrected chi connectivity index (χ0v) is 14.6. The van der Waals surface area contributed by atoms with Gasteiger partial charge in [0.05, 0.1) is 18.2 Å². The summed E-state index contributed by atoms with van der Waals surface area (Å²) in [5, 5.41) is 3.12. The van der Waals surface area contributed by atoms with Gasteiger partial charge in [-0.05, 0) is 18.6 Å². The van der Waals surface area contributed by atoms with Crippen LogP contribution < -0.4 is 10.1 Å². The van der Waals surface area contributed by atoms with Crippen molar-refractivity contribution in [2.45, 2.75) is 38.2 Å². The summed E-state index contributed by atoms with van der Waals surface area (Å²) in [6.45, 7) is 4.10. The maximum Gasteiger partial charge on any atom is 0.416 e. The number of piperazine rings is 1. The summed E-state index contributed by atoms with van der Waals surface area (Å²) in [7, 11) is 1.10. The summed E-state index contributed by atoms with van der Waals surface area (Å²) in [5.74, 6) is -0.371. The summed E-state index contributed by atoms with van der Waals surface area (Å²) in [4.78, 5) is 1.88. The second kappa shape index (κ2) is 8.04. The predicted molar refractivity (Wildman–Crippen MR) is 85.1 cm³/mol. The van der Waals surface area contributed by atoms with E-state index in [1.54, 1.807) is 0 Å². The quantitative estimate of drug-likeness (QED) is 0.758. The molecule has 1 heterocycles. The Hall–Kier alpha value is -1.48. The molecule has 0 radical (unpaired) electrons. The molecule has 0 aliphatic carbocycles. The first kappa shape index (κ1) is 20.8. The van der Waals surface area contributed by atoms with Gasteiger partial charge in [-0.2, -0.15) is 26.3 Å². The van der Waals surface area contributed by atoms with Gasteiger partial charge in [-0.25, -0.2) is 0 Å². The molecule has 0 bridgehead atoms. The van der Waals surface area contributed by atoms with Crippen molar-refractivity contribution in [2.75, 3.05) is 33.3 Å². The van der Waals surface area contributed by atoms with Crippen LogP contribution in [-0.2, 0) is 12.4 Å². The molecule has 1 aliphatic rings. The van der Waals surface area contributed by atoms with E-state index in [1.807, 2.05) is 11.8 Å². The lowest BCUT2D eigenvalue weighted by Gasteiger charge is -2.37. The molecule has 1 atom stereocenters. The van der Waals surface area contributed by atoms with Gasteiger partial charge in [0.25, 0.3) is 0 Å². The van der Waals surface area contributed by atoms with Gasteiger partial charge in [-0.1, -0.05) is 13.3 Å². The summed E-state index contributed by atoms with van der Waals surface area (Å²) in [6, 6.07) is 0.203. The van der Waals surface area contributed by atoms with E-state index in [1.165, 1.54) is 0 Å². The molecule has 1 aliphatic heterocycles. The Morgan fingerprint density at radius 3 is 2.15 bits per heavy atom. The molecule has 1 N–H and O–H groups in total. The first-order valence-electron chi connectivity index (χ1n) is 8.40. The first-order chi connectivity index (χ1) is 12.1. The molecule has 1 fully saturated rings. The van der Waals surface area contributed by atoms with Crippen LogP contribution in [0.4, 0.5) is 26.3 Å². The topological polar surface area (TPSA) is 24.5 Å². The van der Waals surface area contributed by atoms with Gasteiger partial charge in [0.2, 0.25) is 0 Å². The van der Waals surface area contributed by atoms with Crippen molar-refractivity contribution in [3.63, 3.8) is 0 Å². The number of hydrogen-bond acceptors (Lipinski definition) is 3. The fourth-order valence-corrected chi connectivity index (χ4v) is 3.31. The number of methoxy groups -OCH3 is 1. The van der Waals surface area contributed by atoms with Crippen molar-refractivity contribution in [3.05, 3.63) is 28.8 Å². The Kier molecular flexibility index (Phi) is 6.44. The van der Waals surface area contributed by atoms with Crippen LogP contribution in [0.25, 0.3) is 0 Å². The number of benzene rings is 1. The lowest BCUT2D eigenvalue weighted by molar-refractivity contribution is -0.144. The summed E-state index contributed by atoms with van der Waals surface area (Å²) >= 11 is 0. The van der Waals surface area contributed by atoms with Gasteiger partial charge in [-0.15, -0.1) is 0 Å². The highest BCUT2D eigenvalue weighted by Gasteiger charge is 2.42. The molecule has 0 saturated carbocycles. The van der Waals surface area contributed by atoms with E-state index in [-0.39, 0.29) is 17.4 Å². The molecule has 2 rings (SSSR count). The number of nitrogens with one attached hydrogen (secondary N) is 1. The molecule has 3 nitrogen and oxygen atoms in total. The number of halogens is 6. The van der Waals surface area contributed by atoms with E-state index in [2.05, 4.69) is 5.32 Å². The molecule has 0 unspecified atom stereocenters. The lowest BCUT2D eigenvalue weighted by Crippen LogP contribution is -2.45. The number of rotatable bonds is 5. The molecule has 1 aromatic rings. The smallest absolute Gasteiger partial charge is 0.416 e. The van der Waals surface area contributed by atoms with E-state index in [0.29, 0.717) is 45.1 Å². The third kappa shape index (κ3) is 4.62. The molecule has 0 spiro atoms. The fourth-order valence-electron chi connectivity index (χ4n) is 3.31. The molecule has 0 aromatic heterocycles. The monoisotopic (exact) mass is 384 g/mol. The Morgan fingerprint density at radius 1 is 1.08 bits per heavy atom. The standard InChI is InChI=1S/C17H22F6N2O/c1-3-4-13(25-7-5-24-6-8-25)15-12(17(21,22)23)9-11(16(18,19)20)10-14(15)26-2/h9-10,13,24H,3-8H2,1-2H3/t13-/m1/s1. The number of ether oxygens (including phenoxy) is 1. The van der Waals surface area contributed by atoms with Gasteiger partial charge in [0, 0.05) is 37.8 Å². The maximum absolute atomic E-state index is 13.6. The Labute approximate surface area is 148 Å². The van der Waals surface area contributed by atoms with Gasteiger partial charge < -0.3 is 10.1 Å². The van der Waals surface area contributed by atoms with Crippen LogP contribution in [0.5, 0.6) is 5.75 Å². The highest BCUT2D eigenvalue weighted by atomic mass is 19.4. The zero-order valence-electron chi connectivity index (χ0n) is 14.6. The van der Waals surface area contributed by atoms with Gasteiger partial charge in [-0.3, -0.25) is 4.90 Å². The molecular weight excluding hydrogens is 362 g/mol. The van der Waals surface area contributed by atoms with E-state index in [9.17, 15) is 26.3 Å². The maximum atomic E-state index is 13.6. The number of hydrogen-bond donors (Lipinski definition) is 1. The zero-order chi connectivity index (χ0) is 19.5. The van der Waals surface area contributed by atoms with Crippen LogP contribution in [0, 0.1) is 0 Å². The fraction of sp³-hybridized carbons (Fsp3) is 0.647. The van der Waals surface area contributed by atoms with Crippen molar-refractivity contribution in [2.24, 2.45) is 0 Å². The summed E-state index contributed by atoms with van der Waals surface area (Å²) in [5.41, 5.74) is -2.85. The average Bonchev–Trinajstić information content (AvgIpc) is 2.57. The van der Waals surface area contributed by atoms with Crippen LogP contribution in [0.1, 0.15) is 42.5 Å². The largest absolute Gasteiger partial charge is 0.496 e. The Balaban J connectivity index is 2.66. The van der Waals surface area contributed by atoms with E-state index >= 15 is 0 Å². The number of alkyl halides is 6. The molecule has 1 aromatic carbocycles. The van der Waals surface area contributed by atoms with Crippen molar-refractivity contribution in [1.29, 1.82) is 0 Å². The van der Waals surface area contributed by atoms with Crippen LogP contribution in [-0.4, -0.2) is 38.2 Å². The minimum Gasteiger partial charge on any atom is -0.496 e. The first-order valence-corrected chi connectivity index (χ1v) is 8.40. The molecule has 26 heavy (non-hydrogen) atoms. The SMILES string of the molecule is CCC[C@H](c1c(OC)cc(C(F)(F)F)cc1C(F)(F)F)N1CCNCC1. The summed E-state index contributed by atoms with van der Waals surface area (Å²) in [6.07, 6.45) is -8.81. The Bertz CT molecular complexity index is 608. The lowest BCUT2D eigenvalue weighted by atomic mass is 9.91. The molecule has 1 saturated heterocycles. The van der Waals surface area contributed by atoms with E-state index in [4.69, 9.17) is 4.74 Å². The molecule has 0 amide bonds. The van der Waals surface area contributed by atoms with E-state index in [0.717, 1.165) is 7.11 Å². The second-order valence-corrected chi connectivity index (χ2v) is 6.23. The van der Waals surface area contributed by atoms with Crippen molar-refractivity contribution >= 4 is 0 Å². The molecular formula is C17H22F6N2O. The van der Waals surface area contributed by atoms with Gasteiger partial charge in [0.1, 0.15) is 5.75 Å². The van der Waals surface area contributed by atoms with Crippen LogP contribution in [0.3, 0.4) is 0 Å².